The Morgan fingerprint density at radius 3 is 2.45 bits per heavy atom. The van der Waals surface area contributed by atoms with Crippen LogP contribution in [0.4, 0.5) is 11.4 Å². The van der Waals surface area contributed by atoms with E-state index in [4.69, 9.17) is 4.42 Å². The molecule has 3 aromatic rings. The fourth-order valence-electron chi connectivity index (χ4n) is 3.31. The SMILES string of the molecule is CC(C)C(C)N(Cc1cc(NC(=O)c2ccco2)ccc1N(C)C)C(=O)c1cccs1. The molecule has 0 bridgehead atoms. The molecule has 3 rings (SSSR count). The summed E-state index contributed by atoms with van der Waals surface area (Å²) in [7, 11) is 3.94. The minimum absolute atomic E-state index is 0.0194. The molecule has 1 atom stereocenters. The third-order valence-corrected chi connectivity index (χ3v) is 6.21. The normalized spacial score (nSPS) is 11.9. The lowest BCUT2D eigenvalue weighted by molar-refractivity contribution is 0.0633. The van der Waals surface area contributed by atoms with E-state index in [-0.39, 0.29) is 23.6 Å². The number of anilines is 2. The molecule has 0 aliphatic rings. The van der Waals surface area contributed by atoms with Crippen LogP contribution in [0.2, 0.25) is 0 Å². The summed E-state index contributed by atoms with van der Waals surface area (Å²) in [5.74, 6) is 0.260. The molecule has 0 saturated heterocycles. The van der Waals surface area contributed by atoms with Crippen LogP contribution in [0.5, 0.6) is 0 Å². The molecular weight excluding hydrogens is 410 g/mol. The maximum absolute atomic E-state index is 13.3. The van der Waals surface area contributed by atoms with Gasteiger partial charge in [-0.05, 0) is 60.2 Å². The molecular formula is C24H29N3O3S. The largest absolute Gasteiger partial charge is 0.459 e. The number of nitrogens with zero attached hydrogens (tertiary/aromatic N) is 2. The summed E-state index contributed by atoms with van der Waals surface area (Å²) in [5, 5.41) is 4.80. The summed E-state index contributed by atoms with van der Waals surface area (Å²) in [6, 6.07) is 12.8. The van der Waals surface area contributed by atoms with Crippen molar-refractivity contribution in [3.8, 4) is 0 Å². The Hall–Kier alpha value is -3.06. The number of furan rings is 1. The van der Waals surface area contributed by atoms with Gasteiger partial charge in [0.1, 0.15) is 0 Å². The van der Waals surface area contributed by atoms with Crippen LogP contribution in [-0.4, -0.2) is 36.9 Å². The number of thiophene rings is 1. The van der Waals surface area contributed by atoms with Crippen molar-refractivity contribution < 1.29 is 14.0 Å². The summed E-state index contributed by atoms with van der Waals surface area (Å²) in [4.78, 5) is 30.4. The Kier molecular flexibility index (Phi) is 7.17. The number of benzene rings is 1. The van der Waals surface area contributed by atoms with Gasteiger partial charge in [-0.2, -0.15) is 0 Å². The van der Waals surface area contributed by atoms with Gasteiger partial charge in [0, 0.05) is 38.1 Å². The van der Waals surface area contributed by atoms with E-state index in [2.05, 4.69) is 26.1 Å². The first-order valence-corrected chi connectivity index (χ1v) is 11.2. The number of hydrogen-bond acceptors (Lipinski definition) is 5. The first-order valence-electron chi connectivity index (χ1n) is 10.3. The Balaban J connectivity index is 1.93. The van der Waals surface area contributed by atoms with E-state index in [9.17, 15) is 9.59 Å². The molecule has 0 radical (unpaired) electrons. The van der Waals surface area contributed by atoms with E-state index < -0.39 is 0 Å². The Morgan fingerprint density at radius 2 is 1.87 bits per heavy atom. The van der Waals surface area contributed by atoms with Crippen molar-refractivity contribution in [3.05, 3.63) is 70.3 Å². The van der Waals surface area contributed by atoms with Crippen molar-refractivity contribution in [1.82, 2.24) is 4.90 Å². The number of carbonyl (C=O) groups is 2. The third-order valence-electron chi connectivity index (χ3n) is 5.35. The van der Waals surface area contributed by atoms with Gasteiger partial charge in [0.25, 0.3) is 11.8 Å². The van der Waals surface area contributed by atoms with Crippen LogP contribution in [0.1, 0.15) is 46.6 Å². The van der Waals surface area contributed by atoms with Crippen molar-refractivity contribution in [1.29, 1.82) is 0 Å². The van der Waals surface area contributed by atoms with Gasteiger partial charge in [0.15, 0.2) is 5.76 Å². The fourth-order valence-corrected chi connectivity index (χ4v) is 3.99. The van der Waals surface area contributed by atoms with Crippen LogP contribution >= 0.6 is 11.3 Å². The quantitative estimate of drug-likeness (QED) is 0.514. The highest BCUT2D eigenvalue weighted by atomic mass is 32.1. The van der Waals surface area contributed by atoms with Gasteiger partial charge in [-0.1, -0.05) is 19.9 Å². The summed E-state index contributed by atoms with van der Waals surface area (Å²) in [6.07, 6.45) is 1.47. The highest BCUT2D eigenvalue weighted by Gasteiger charge is 2.26. The molecule has 31 heavy (non-hydrogen) atoms. The van der Waals surface area contributed by atoms with E-state index in [0.29, 0.717) is 18.2 Å². The zero-order valence-corrected chi connectivity index (χ0v) is 19.4. The Bertz CT molecular complexity index is 1010. The van der Waals surface area contributed by atoms with Gasteiger partial charge >= 0.3 is 0 Å². The molecule has 6 nitrogen and oxygen atoms in total. The van der Waals surface area contributed by atoms with Crippen LogP contribution in [0, 0.1) is 5.92 Å². The molecule has 7 heteroatoms. The van der Waals surface area contributed by atoms with E-state index in [1.54, 1.807) is 12.1 Å². The third kappa shape index (κ3) is 5.35. The number of rotatable bonds is 8. The van der Waals surface area contributed by atoms with E-state index in [1.807, 2.05) is 59.6 Å². The molecule has 0 fully saturated rings. The number of carbonyl (C=O) groups excluding carboxylic acids is 2. The van der Waals surface area contributed by atoms with Crippen molar-refractivity contribution in [3.63, 3.8) is 0 Å². The Labute approximate surface area is 187 Å². The highest BCUT2D eigenvalue weighted by molar-refractivity contribution is 7.12. The minimum atomic E-state index is -0.310. The second kappa shape index (κ2) is 9.83. The van der Waals surface area contributed by atoms with E-state index in [1.165, 1.54) is 17.6 Å². The maximum Gasteiger partial charge on any atom is 0.291 e. The van der Waals surface area contributed by atoms with Gasteiger partial charge in [-0.15, -0.1) is 11.3 Å². The standard InChI is InChI=1S/C24H29N3O3S/c1-16(2)17(3)27(24(29)22-9-7-13-31-22)15-18-14-19(10-11-20(18)26(4)5)25-23(28)21-8-6-12-30-21/h6-14,16-17H,15H2,1-5H3,(H,25,28). The van der Waals surface area contributed by atoms with Gasteiger partial charge < -0.3 is 19.5 Å². The monoisotopic (exact) mass is 439 g/mol. The smallest absolute Gasteiger partial charge is 0.291 e. The second-order valence-electron chi connectivity index (χ2n) is 8.06. The molecule has 1 unspecified atom stereocenters. The number of hydrogen-bond donors (Lipinski definition) is 1. The number of nitrogens with one attached hydrogen (secondary N) is 1. The molecule has 1 N–H and O–H groups in total. The summed E-state index contributed by atoms with van der Waals surface area (Å²) in [5.41, 5.74) is 2.61. The van der Waals surface area contributed by atoms with Crippen molar-refractivity contribution >= 4 is 34.5 Å². The topological polar surface area (TPSA) is 65.8 Å². The van der Waals surface area contributed by atoms with Crippen LogP contribution in [0.3, 0.4) is 0 Å². The zero-order chi connectivity index (χ0) is 22.5. The van der Waals surface area contributed by atoms with Crippen molar-refractivity contribution in [2.24, 2.45) is 5.92 Å². The maximum atomic E-state index is 13.3. The number of amides is 2. The van der Waals surface area contributed by atoms with Crippen LogP contribution in [0.25, 0.3) is 0 Å². The molecule has 0 saturated carbocycles. The Morgan fingerprint density at radius 1 is 1.10 bits per heavy atom. The van der Waals surface area contributed by atoms with Gasteiger partial charge in [0.05, 0.1) is 11.1 Å². The average molecular weight is 440 g/mol. The van der Waals surface area contributed by atoms with E-state index >= 15 is 0 Å². The average Bonchev–Trinajstić information content (AvgIpc) is 3.45. The first kappa shape index (κ1) is 22.6. The summed E-state index contributed by atoms with van der Waals surface area (Å²) < 4.78 is 5.18. The molecule has 0 aliphatic heterocycles. The zero-order valence-electron chi connectivity index (χ0n) is 18.6. The predicted octanol–water partition coefficient (Wildman–Crippen LogP) is 5.35. The molecule has 2 aromatic heterocycles. The molecule has 1 aromatic carbocycles. The summed E-state index contributed by atoms with van der Waals surface area (Å²) >= 11 is 1.45. The van der Waals surface area contributed by atoms with Gasteiger partial charge in [0.2, 0.25) is 0 Å². The second-order valence-corrected chi connectivity index (χ2v) is 9.01. The predicted molar refractivity (Wildman–Crippen MR) is 126 cm³/mol. The summed E-state index contributed by atoms with van der Waals surface area (Å²) in [6.45, 7) is 6.75. The molecule has 164 valence electrons. The van der Waals surface area contributed by atoms with Gasteiger partial charge in [-0.3, -0.25) is 9.59 Å². The van der Waals surface area contributed by atoms with Crippen LogP contribution in [-0.2, 0) is 6.54 Å². The minimum Gasteiger partial charge on any atom is -0.459 e. The first-order chi connectivity index (χ1) is 14.8. The van der Waals surface area contributed by atoms with Crippen molar-refractivity contribution in [2.75, 3.05) is 24.3 Å². The molecule has 0 spiro atoms. The highest BCUT2D eigenvalue weighted by Crippen LogP contribution is 2.28. The van der Waals surface area contributed by atoms with Crippen LogP contribution in [0.15, 0.2) is 58.5 Å². The molecule has 2 heterocycles. The fraction of sp³-hybridized carbons (Fsp3) is 0.333. The molecule has 0 aliphatic carbocycles. The lowest BCUT2D eigenvalue weighted by Gasteiger charge is -2.33. The van der Waals surface area contributed by atoms with Gasteiger partial charge in [-0.25, -0.2) is 0 Å². The lowest BCUT2D eigenvalue weighted by atomic mass is 10.0. The lowest BCUT2D eigenvalue weighted by Crippen LogP contribution is -2.41. The molecule has 2 amide bonds. The van der Waals surface area contributed by atoms with Crippen LogP contribution < -0.4 is 10.2 Å². The van der Waals surface area contributed by atoms with E-state index in [0.717, 1.165) is 16.1 Å². The van der Waals surface area contributed by atoms with Crippen molar-refractivity contribution in [2.45, 2.75) is 33.4 Å².